The Morgan fingerprint density at radius 1 is 1.26 bits per heavy atom. The van der Waals surface area contributed by atoms with Gasteiger partial charge in [-0.3, -0.25) is 10.1 Å². The summed E-state index contributed by atoms with van der Waals surface area (Å²) in [6.45, 7) is 0.0385. The zero-order chi connectivity index (χ0) is 20.0. The second kappa shape index (κ2) is 9.03. The van der Waals surface area contributed by atoms with Gasteiger partial charge in [-0.15, -0.1) is 0 Å². The van der Waals surface area contributed by atoms with Crippen LogP contribution in [0.4, 0.5) is 9.18 Å². The van der Waals surface area contributed by atoms with Crippen LogP contribution in [-0.2, 0) is 11.4 Å². The van der Waals surface area contributed by atoms with E-state index in [4.69, 9.17) is 38.9 Å². The normalized spacial score (nSPS) is 10.8. The average molecular weight is 408 g/mol. The molecule has 0 saturated heterocycles. The molecule has 2 aromatic carbocycles. The summed E-state index contributed by atoms with van der Waals surface area (Å²) in [4.78, 5) is 22.4. The summed E-state index contributed by atoms with van der Waals surface area (Å²) in [5, 5.41) is 11.1. The van der Waals surface area contributed by atoms with Crippen LogP contribution in [0.5, 0.6) is 5.75 Å². The lowest BCUT2D eigenvalue weighted by atomic mass is 10.1. The number of amides is 3. The Balaban J connectivity index is 2.23. The molecule has 0 aliphatic carbocycles. The molecular formula is C18H12Cl2FN3O3. The largest absolute Gasteiger partial charge is 0.486 e. The third kappa shape index (κ3) is 5.71. The molecule has 0 unspecified atom stereocenters. The van der Waals surface area contributed by atoms with E-state index in [0.29, 0.717) is 11.1 Å². The van der Waals surface area contributed by atoms with Crippen LogP contribution < -0.4 is 15.8 Å². The quantitative estimate of drug-likeness (QED) is 0.580. The van der Waals surface area contributed by atoms with Crippen LogP contribution in [0.25, 0.3) is 6.08 Å². The Morgan fingerprint density at radius 2 is 1.93 bits per heavy atom. The van der Waals surface area contributed by atoms with Crippen molar-refractivity contribution < 1.29 is 18.7 Å². The number of rotatable bonds is 5. The van der Waals surface area contributed by atoms with Gasteiger partial charge in [0.2, 0.25) is 0 Å². The number of halogens is 3. The summed E-state index contributed by atoms with van der Waals surface area (Å²) in [5.74, 6) is -1.18. The van der Waals surface area contributed by atoms with E-state index in [1.54, 1.807) is 23.5 Å². The van der Waals surface area contributed by atoms with Gasteiger partial charge in [-0.1, -0.05) is 35.3 Å². The van der Waals surface area contributed by atoms with E-state index in [0.717, 1.165) is 0 Å². The molecule has 0 fully saturated rings. The second-order valence-electron chi connectivity index (χ2n) is 5.22. The van der Waals surface area contributed by atoms with Crippen LogP contribution >= 0.6 is 23.2 Å². The molecule has 0 heterocycles. The SMILES string of the molecule is N#C/C(=C/c1cc(Cl)c(OCc2cccc(F)c2)c(Cl)c1)C(=O)NC(N)=O. The fourth-order valence-corrected chi connectivity index (χ4v) is 2.69. The molecule has 27 heavy (non-hydrogen) atoms. The number of nitrogens with zero attached hydrogens (tertiary/aromatic N) is 1. The van der Waals surface area contributed by atoms with E-state index in [1.807, 2.05) is 0 Å². The Bertz CT molecular complexity index is 948. The van der Waals surface area contributed by atoms with Crippen molar-refractivity contribution in [1.29, 1.82) is 5.26 Å². The molecule has 9 heteroatoms. The summed E-state index contributed by atoms with van der Waals surface area (Å²) < 4.78 is 18.7. The van der Waals surface area contributed by atoms with Gasteiger partial charge in [-0.2, -0.15) is 5.26 Å². The Kier molecular flexibility index (Phi) is 6.77. The van der Waals surface area contributed by atoms with E-state index in [9.17, 15) is 14.0 Å². The number of benzene rings is 2. The maximum atomic E-state index is 13.2. The molecule has 0 radical (unpaired) electrons. The van der Waals surface area contributed by atoms with Gasteiger partial charge in [-0.05, 0) is 41.5 Å². The van der Waals surface area contributed by atoms with Crippen LogP contribution in [-0.4, -0.2) is 11.9 Å². The first kappa shape index (κ1) is 20.2. The van der Waals surface area contributed by atoms with Gasteiger partial charge in [0.1, 0.15) is 24.1 Å². The number of carbonyl (C=O) groups is 2. The number of hydrogen-bond donors (Lipinski definition) is 2. The van der Waals surface area contributed by atoms with Crippen molar-refractivity contribution in [3.8, 4) is 11.8 Å². The van der Waals surface area contributed by atoms with Crippen LogP contribution in [0, 0.1) is 17.1 Å². The highest BCUT2D eigenvalue weighted by molar-refractivity contribution is 6.37. The van der Waals surface area contributed by atoms with Crippen molar-refractivity contribution >= 4 is 41.2 Å². The fraction of sp³-hybridized carbons (Fsp3) is 0.0556. The van der Waals surface area contributed by atoms with Crippen molar-refractivity contribution in [2.45, 2.75) is 6.61 Å². The van der Waals surface area contributed by atoms with Crippen molar-refractivity contribution in [2.24, 2.45) is 5.73 Å². The highest BCUT2D eigenvalue weighted by atomic mass is 35.5. The van der Waals surface area contributed by atoms with Gasteiger partial charge in [0.15, 0.2) is 5.75 Å². The predicted octanol–water partition coefficient (Wildman–Crippen LogP) is 3.81. The lowest BCUT2D eigenvalue weighted by molar-refractivity contribution is -0.115. The molecule has 2 aromatic rings. The molecule has 3 amide bonds. The Hall–Kier alpha value is -3.08. The topological polar surface area (TPSA) is 105 Å². The molecule has 0 saturated carbocycles. The number of ether oxygens (including phenoxy) is 1. The van der Waals surface area contributed by atoms with Gasteiger partial charge in [0.05, 0.1) is 10.0 Å². The lowest BCUT2D eigenvalue weighted by Gasteiger charge is -2.11. The number of hydrogen-bond acceptors (Lipinski definition) is 4. The minimum atomic E-state index is -1.08. The average Bonchev–Trinajstić information content (AvgIpc) is 2.58. The van der Waals surface area contributed by atoms with E-state index < -0.39 is 17.8 Å². The highest BCUT2D eigenvalue weighted by Gasteiger charge is 2.14. The van der Waals surface area contributed by atoms with Gasteiger partial charge in [0, 0.05) is 0 Å². The lowest BCUT2D eigenvalue weighted by Crippen LogP contribution is -2.35. The maximum absolute atomic E-state index is 13.2. The number of nitrogens with two attached hydrogens (primary N) is 1. The highest BCUT2D eigenvalue weighted by Crippen LogP contribution is 2.35. The number of primary amides is 1. The van der Waals surface area contributed by atoms with Crippen molar-refractivity contribution in [3.05, 3.63) is 69.0 Å². The Labute approximate surface area is 163 Å². The summed E-state index contributed by atoms with van der Waals surface area (Å²) >= 11 is 12.3. The second-order valence-corrected chi connectivity index (χ2v) is 6.03. The molecule has 0 aliphatic rings. The molecule has 3 N–H and O–H groups in total. The summed E-state index contributed by atoms with van der Waals surface area (Å²) in [7, 11) is 0. The van der Waals surface area contributed by atoms with Gasteiger partial charge in [0.25, 0.3) is 5.91 Å². The molecule has 6 nitrogen and oxygen atoms in total. The van der Waals surface area contributed by atoms with E-state index in [-0.39, 0.29) is 28.0 Å². The third-order valence-electron chi connectivity index (χ3n) is 3.21. The number of imide groups is 1. The molecule has 0 spiro atoms. The Morgan fingerprint density at radius 3 is 2.48 bits per heavy atom. The van der Waals surface area contributed by atoms with Crippen molar-refractivity contribution in [2.75, 3.05) is 0 Å². The molecule has 138 valence electrons. The minimum absolute atomic E-state index is 0.0385. The molecule has 0 bridgehead atoms. The molecular weight excluding hydrogens is 396 g/mol. The van der Waals surface area contributed by atoms with Gasteiger partial charge < -0.3 is 10.5 Å². The van der Waals surface area contributed by atoms with Crippen molar-refractivity contribution in [1.82, 2.24) is 5.32 Å². The van der Waals surface area contributed by atoms with E-state index in [2.05, 4.69) is 0 Å². The smallest absolute Gasteiger partial charge is 0.319 e. The van der Waals surface area contributed by atoms with Crippen molar-refractivity contribution in [3.63, 3.8) is 0 Å². The first-order valence-electron chi connectivity index (χ1n) is 7.39. The fourth-order valence-electron chi connectivity index (χ4n) is 2.08. The number of carbonyl (C=O) groups excluding carboxylic acids is 2. The summed E-state index contributed by atoms with van der Waals surface area (Å²) in [6, 6.07) is 9.26. The standard InChI is InChI=1S/C18H12Cl2FN3O3/c19-14-6-11(4-12(8-22)17(25)24-18(23)26)7-15(20)16(14)27-9-10-2-1-3-13(21)5-10/h1-7H,9H2,(H3,23,24,25,26)/b12-4-. The molecule has 0 aromatic heterocycles. The zero-order valence-corrected chi connectivity index (χ0v) is 15.1. The summed E-state index contributed by atoms with van der Waals surface area (Å²) in [5.41, 5.74) is 5.40. The van der Waals surface area contributed by atoms with Crippen LogP contribution in [0.2, 0.25) is 10.0 Å². The van der Waals surface area contributed by atoms with Gasteiger partial charge in [-0.25, -0.2) is 9.18 Å². The molecule has 0 atom stereocenters. The van der Waals surface area contributed by atoms with Gasteiger partial charge >= 0.3 is 6.03 Å². The number of nitriles is 1. The van der Waals surface area contributed by atoms with E-state index in [1.165, 1.54) is 30.3 Å². The minimum Gasteiger partial charge on any atom is -0.486 e. The summed E-state index contributed by atoms with van der Waals surface area (Å²) in [6.07, 6.45) is 1.19. The first-order valence-corrected chi connectivity index (χ1v) is 8.14. The van der Waals surface area contributed by atoms with Crippen LogP contribution in [0.1, 0.15) is 11.1 Å². The third-order valence-corrected chi connectivity index (χ3v) is 3.77. The van der Waals surface area contributed by atoms with E-state index >= 15 is 0 Å². The molecule has 2 rings (SSSR count). The number of nitrogens with one attached hydrogen (secondary N) is 1. The number of urea groups is 1. The van der Waals surface area contributed by atoms with Crippen LogP contribution in [0.3, 0.4) is 0 Å². The predicted molar refractivity (Wildman–Crippen MR) is 98.5 cm³/mol. The van der Waals surface area contributed by atoms with Crippen LogP contribution in [0.15, 0.2) is 42.0 Å². The zero-order valence-electron chi connectivity index (χ0n) is 13.6. The maximum Gasteiger partial charge on any atom is 0.319 e. The first-order chi connectivity index (χ1) is 12.8. The molecule has 0 aliphatic heterocycles. The monoisotopic (exact) mass is 407 g/mol.